The number of benzene rings is 3. The minimum absolute atomic E-state index is 0.0169. The lowest BCUT2D eigenvalue weighted by atomic mass is 9.98. The molecule has 1 aromatic heterocycles. The number of carbonyl (C=O) groups is 1. The van der Waals surface area contributed by atoms with Gasteiger partial charge in [0.1, 0.15) is 11.5 Å². The van der Waals surface area contributed by atoms with Crippen molar-refractivity contribution in [1.82, 2.24) is 15.2 Å². The number of hydrogen-bond acceptors (Lipinski definition) is 7. The highest BCUT2D eigenvalue weighted by atomic mass is 32.2. The molecule has 9 nitrogen and oxygen atoms in total. The summed E-state index contributed by atoms with van der Waals surface area (Å²) in [6.07, 6.45) is 1.02. The van der Waals surface area contributed by atoms with Crippen LogP contribution in [0, 0.1) is 12.7 Å². The molecule has 1 atom stereocenters. The number of carbonyl (C=O) groups excluding carboxylic acids is 1. The monoisotopic (exact) mass is 587 g/mol. The Morgan fingerprint density at radius 2 is 1.77 bits per heavy atom. The Hall–Kier alpha value is -3.58. The SMILES string of the molecule is CCOC(=O)c1[nH]c2c(C(C)NNS(=O)(=O)c3ccccc3C)cccc2c1-c1ccc(CS(C)(=O)=O)c(F)c1. The summed E-state index contributed by atoms with van der Waals surface area (Å²) in [5, 5.41) is 0.575. The Morgan fingerprint density at radius 3 is 2.42 bits per heavy atom. The van der Waals surface area contributed by atoms with Crippen LogP contribution in [0.2, 0.25) is 0 Å². The molecule has 0 aliphatic heterocycles. The summed E-state index contributed by atoms with van der Waals surface area (Å²) in [7, 11) is -7.32. The van der Waals surface area contributed by atoms with Crippen LogP contribution in [0.3, 0.4) is 0 Å². The van der Waals surface area contributed by atoms with Gasteiger partial charge in [0.05, 0.1) is 22.8 Å². The molecule has 1 heterocycles. The van der Waals surface area contributed by atoms with Crippen LogP contribution in [0.25, 0.3) is 22.0 Å². The predicted molar refractivity (Wildman–Crippen MR) is 151 cm³/mol. The quantitative estimate of drug-likeness (QED) is 0.183. The second-order valence-corrected chi connectivity index (χ2v) is 13.3. The lowest BCUT2D eigenvalue weighted by molar-refractivity contribution is 0.0521. The zero-order valence-electron chi connectivity index (χ0n) is 22.4. The van der Waals surface area contributed by atoms with Gasteiger partial charge in [0.25, 0.3) is 10.0 Å². The van der Waals surface area contributed by atoms with Gasteiger partial charge in [0, 0.05) is 28.8 Å². The number of halogens is 1. The predicted octanol–water partition coefficient (Wildman–Crippen LogP) is 4.55. The molecule has 0 saturated carbocycles. The van der Waals surface area contributed by atoms with Crippen molar-refractivity contribution in [3.63, 3.8) is 0 Å². The number of fused-ring (bicyclic) bond motifs is 1. The van der Waals surface area contributed by atoms with E-state index in [2.05, 4.69) is 15.2 Å². The molecule has 212 valence electrons. The van der Waals surface area contributed by atoms with Crippen LogP contribution in [-0.2, 0) is 30.4 Å². The minimum Gasteiger partial charge on any atom is -0.461 e. The van der Waals surface area contributed by atoms with Gasteiger partial charge in [-0.2, -0.15) is 0 Å². The van der Waals surface area contributed by atoms with E-state index < -0.39 is 43.4 Å². The van der Waals surface area contributed by atoms with Crippen LogP contribution in [0.4, 0.5) is 4.39 Å². The number of aromatic amines is 1. The molecule has 40 heavy (non-hydrogen) atoms. The summed E-state index contributed by atoms with van der Waals surface area (Å²) in [5.41, 5.74) is 5.42. The van der Waals surface area contributed by atoms with E-state index in [-0.39, 0.29) is 22.8 Å². The molecule has 4 aromatic rings. The molecule has 12 heteroatoms. The maximum atomic E-state index is 15.0. The normalized spacial score (nSPS) is 12.9. The summed E-state index contributed by atoms with van der Waals surface area (Å²) < 4.78 is 69.4. The summed E-state index contributed by atoms with van der Waals surface area (Å²) in [6.45, 7) is 5.23. The van der Waals surface area contributed by atoms with Crippen molar-refractivity contribution >= 4 is 36.7 Å². The third-order valence-corrected chi connectivity index (χ3v) is 8.62. The first-order valence-electron chi connectivity index (χ1n) is 12.4. The highest BCUT2D eigenvalue weighted by Gasteiger charge is 2.25. The van der Waals surface area contributed by atoms with E-state index in [0.717, 1.165) is 6.26 Å². The van der Waals surface area contributed by atoms with Crippen molar-refractivity contribution in [3.8, 4) is 11.1 Å². The minimum atomic E-state index is -3.87. The Morgan fingerprint density at radius 1 is 1.05 bits per heavy atom. The number of hydrazine groups is 1. The van der Waals surface area contributed by atoms with Gasteiger partial charge in [0.2, 0.25) is 0 Å². The summed E-state index contributed by atoms with van der Waals surface area (Å²) in [5.74, 6) is -1.83. The largest absolute Gasteiger partial charge is 0.461 e. The van der Waals surface area contributed by atoms with Crippen molar-refractivity contribution < 1.29 is 30.8 Å². The first-order valence-corrected chi connectivity index (χ1v) is 16.0. The fraction of sp³-hybridized carbons (Fsp3) is 0.250. The standard InChI is InChI=1S/C28H30FN3O6S2/c1-5-38-28(33)27-25(19-13-14-20(23(29)15-19)16-39(4,34)35)22-11-8-10-21(26(22)30-27)18(3)31-32-40(36,37)24-12-7-6-9-17(24)2/h6-15,18,30-32H,5,16H2,1-4H3. The van der Waals surface area contributed by atoms with Gasteiger partial charge in [0.15, 0.2) is 9.84 Å². The van der Waals surface area contributed by atoms with Gasteiger partial charge in [-0.25, -0.2) is 31.4 Å². The number of ether oxygens (including phenoxy) is 1. The fourth-order valence-electron chi connectivity index (χ4n) is 4.52. The lowest BCUT2D eigenvalue weighted by Gasteiger charge is -2.17. The Kier molecular flexibility index (Phi) is 8.45. The first kappa shape index (κ1) is 29.4. The van der Waals surface area contributed by atoms with E-state index in [9.17, 15) is 26.0 Å². The number of nitrogens with one attached hydrogen (secondary N) is 3. The molecule has 3 N–H and O–H groups in total. The van der Waals surface area contributed by atoms with Gasteiger partial charge in [-0.05, 0) is 49.6 Å². The first-order chi connectivity index (χ1) is 18.8. The van der Waals surface area contributed by atoms with Crippen LogP contribution in [0.15, 0.2) is 65.6 Å². The van der Waals surface area contributed by atoms with E-state index in [1.54, 1.807) is 63.2 Å². The van der Waals surface area contributed by atoms with Crippen molar-refractivity contribution in [2.75, 3.05) is 12.9 Å². The molecule has 0 bridgehead atoms. The van der Waals surface area contributed by atoms with E-state index in [1.807, 2.05) is 0 Å². The molecule has 3 aromatic carbocycles. The highest BCUT2D eigenvalue weighted by molar-refractivity contribution is 7.90. The summed E-state index contributed by atoms with van der Waals surface area (Å²) in [4.78, 5) is 18.6. The molecule has 0 aliphatic carbocycles. The molecule has 0 saturated heterocycles. The molecule has 0 spiro atoms. The van der Waals surface area contributed by atoms with Crippen LogP contribution in [-0.4, -0.2) is 40.7 Å². The number of para-hydroxylation sites is 1. The maximum absolute atomic E-state index is 15.0. The van der Waals surface area contributed by atoms with E-state index >= 15 is 0 Å². The smallest absolute Gasteiger partial charge is 0.355 e. The lowest BCUT2D eigenvalue weighted by Crippen LogP contribution is -2.39. The zero-order valence-corrected chi connectivity index (χ0v) is 24.0. The van der Waals surface area contributed by atoms with Crippen LogP contribution < -0.4 is 10.3 Å². The Labute approximate surface area is 232 Å². The number of rotatable bonds is 10. The third kappa shape index (κ3) is 6.25. The van der Waals surface area contributed by atoms with Crippen molar-refractivity contribution in [1.29, 1.82) is 0 Å². The van der Waals surface area contributed by atoms with Crippen molar-refractivity contribution in [2.24, 2.45) is 0 Å². The van der Waals surface area contributed by atoms with Crippen LogP contribution >= 0.6 is 0 Å². The van der Waals surface area contributed by atoms with Gasteiger partial charge >= 0.3 is 5.97 Å². The Balaban J connectivity index is 1.76. The molecule has 1 unspecified atom stereocenters. The van der Waals surface area contributed by atoms with Gasteiger partial charge in [-0.15, -0.1) is 4.83 Å². The van der Waals surface area contributed by atoms with Crippen LogP contribution in [0.1, 0.15) is 47.1 Å². The fourth-order valence-corrected chi connectivity index (χ4v) is 6.51. The average molecular weight is 588 g/mol. The Bertz CT molecular complexity index is 1800. The van der Waals surface area contributed by atoms with Gasteiger partial charge in [-0.3, -0.25) is 0 Å². The zero-order chi connectivity index (χ0) is 29.2. The van der Waals surface area contributed by atoms with E-state index in [0.29, 0.717) is 33.2 Å². The van der Waals surface area contributed by atoms with Crippen LogP contribution in [0.5, 0.6) is 0 Å². The molecule has 0 radical (unpaired) electrons. The number of hydrogen-bond donors (Lipinski definition) is 3. The molecular formula is C28H30FN3O6S2. The molecule has 0 aliphatic rings. The number of H-pyrrole nitrogens is 1. The van der Waals surface area contributed by atoms with Crippen molar-refractivity contribution in [2.45, 2.75) is 37.5 Å². The van der Waals surface area contributed by atoms with Crippen molar-refractivity contribution in [3.05, 3.63) is 88.9 Å². The molecule has 4 rings (SSSR count). The topological polar surface area (TPSA) is 134 Å². The average Bonchev–Trinajstić information content (AvgIpc) is 3.28. The number of aromatic nitrogens is 1. The number of sulfonamides is 1. The number of aryl methyl sites for hydroxylation is 1. The number of sulfone groups is 1. The third-order valence-electron chi connectivity index (χ3n) is 6.36. The van der Waals surface area contributed by atoms with E-state index in [1.165, 1.54) is 18.2 Å². The summed E-state index contributed by atoms with van der Waals surface area (Å²) >= 11 is 0. The van der Waals surface area contributed by atoms with Gasteiger partial charge in [-0.1, -0.05) is 48.5 Å². The van der Waals surface area contributed by atoms with E-state index in [4.69, 9.17) is 4.74 Å². The highest BCUT2D eigenvalue weighted by Crippen LogP contribution is 2.37. The summed E-state index contributed by atoms with van der Waals surface area (Å²) in [6, 6.07) is 15.4. The van der Waals surface area contributed by atoms with Gasteiger partial charge < -0.3 is 9.72 Å². The second kappa shape index (κ2) is 11.5. The molecule has 0 fully saturated rings. The molecule has 0 amide bonds. The second-order valence-electron chi connectivity index (χ2n) is 9.48. The number of esters is 1. The molecular weight excluding hydrogens is 557 g/mol. The maximum Gasteiger partial charge on any atom is 0.355 e.